The van der Waals surface area contributed by atoms with Gasteiger partial charge in [-0.05, 0) is 55.5 Å². The minimum Gasteiger partial charge on any atom is -0.496 e. The molecule has 1 aliphatic rings. The zero-order valence-corrected chi connectivity index (χ0v) is 19.4. The van der Waals surface area contributed by atoms with Crippen LogP contribution in [0.2, 0.25) is 0 Å². The van der Waals surface area contributed by atoms with E-state index < -0.39 is 18.0 Å². The molecule has 1 unspecified atom stereocenters. The van der Waals surface area contributed by atoms with E-state index in [4.69, 9.17) is 14.2 Å². The van der Waals surface area contributed by atoms with Gasteiger partial charge in [0.2, 0.25) is 0 Å². The molecule has 0 amide bonds. The minimum atomic E-state index is -3.13. The van der Waals surface area contributed by atoms with E-state index in [9.17, 15) is 23.6 Å². The third-order valence-corrected chi connectivity index (χ3v) is 6.16. The Balaban J connectivity index is 1.81. The summed E-state index contributed by atoms with van der Waals surface area (Å²) in [6, 6.07) is 8.07. The number of pyridine rings is 1. The van der Waals surface area contributed by atoms with E-state index in [1.807, 2.05) is 6.07 Å². The van der Waals surface area contributed by atoms with Gasteiger partial charge in [0, 0.05) is 18.2 Å². The molecular weight excluding hydrogens is 460 g/mol. The number of fused-ring (bicyclic) bond motifs is 1. The summed E-state index contributed by atoms with van der Waals surface area (Å²) in [6.07, 6.45) is 5.22. The lowest BCUT2D eigenvalue weighted by molar-refractivity contribution is -0.144. The maximum atomic E-state index is 13.2. The number of carbonyl (C=O) groups excluding carboxylic acids is 2. The number of imidazole rings is 1. The highest BCUT2D eigenvalue weighted by molar-refractivity contribution is 6.02. The van der Waals surface area contributed by atoms with E-state index in [0.29, 0.717) is 22.5 Å². The highest BCUT2D eigenvalue weighted by Crippen LogP contribution is 2.40. The Kier molecular flexibility index (Phi) is 6.43. The quantitative estimate of drug-likeness (QED) is 0.325. The molecule has 1 fully saturated rings. The lowest BCUT2D eigenvalue weighted by Crippen LogP contribution is -2.32. The summed E-state index contributed by atoms with van der Waals surface area (Å²) in [5, 5.41) is 9.59. The molecule has 2 heterocycles. The molecule has 4 rings (SSSR count). The van der Waals surface area contributed by atoms with Crippen LogP contribution in [0.4, 0.5) is 8.78 Å². The average molecular weight is 483 g/mol. The lowest BCUT2D eigenvalue weighted by Gasteiger charge is -2.19. The number of carbonyl (C=O) groups is 2. The second kappa shape index (κ2) is 9.33. The second-order valence-corrected chi connectivity index (χ2v) is 8.52. The van der Waals surface area contributed by atoms with Crippen molar-refractivity contribution in [1.82, 2.24) is 9.38 Å². The highest BCUT2D eigenvalue weighted by Gasteiger charge is 2.37. The van der Waals surface area contributed by atoms with E-state index in [1.165, 1.54) is 33.4 Å². The van der Waals surface area contributed by atoms with Crippen LogP contribution in [0.25, 0.3) is 16.9 Å². The number of halogens is 2. The van der Waals surface area contributed by atoms with E-state index in [1.54, 1.807) is 28.8 Å². The van der Waals surface area contributed by atoms with Crippen molar-refractivity contribution in [2.45, 2.75) is 38.2 Å². The Morgan fingerprint density at radius 2 is 1.97 bits per heavy atom. The molecule has 182 valence electrons. The molecule has 0 bridgehead atoms. The molecule has 1 aliphatic carbocycles. The SMILES string of the molecule is COC(=O)C(C)(C#N)c1ccn2c(-c3cc(OC)c(C(=O)CC4CC4)c(OC(F)F)c3)cnc2c1. The fourth-order valence-electron chi connectivity index (χ4n) is 3.99. The number of Topliss-reactive ketones (excluding diaryl/α,β-unsaturated/α-hetero) is 1. The van der Waals surface area contributed by atoms with Crippen molar-refractivity contribution in [3.8, 4) is 28.8 Å². The zero-order valence-electron chi connectivity index (χ0n) is 19.4. The number of esters is 1. The summed E-state index contributed by atoms with van der Waals surface area (Å²) in [5.74, 6) is -0.912. The van der Waals surface area contributed by atoms with Crippen LogP contribution in [-0.2, 0) is 14.9 Å². The molecule has 0 N–H and O–H groups in total. The molecule has 0 saturated heterocycles. The molecular formula is C25H23F2N3O5. The predicted octanol–water partition coefficient (Wildman–Crippen LogP) is 4.55. The van der Waals surface area contributed by atoms with E-state index in [2.05, 4.69) is 4.98 Å². The molecule has 0 radical (unpaired) electrons. The highest BCUT2D eigenvalue weighted by atomic mass is 19.3. The van der Waals surface area contributed by atoms with Gasteiger partial charge in [0.1, 0.15) is 22.7 Å². The summed E-state index contributed by atoms with van der Waals surface area (Å²) < 4.78 is 43.0. The number of alkyl halides is 2. The first-order valence-electron chi connectivity index (χ1n) is 10.9. The van der Waals surface area contributed by atoms with Crippen LogP contribution >= 0.6 is 0 Å². The molecule has 1 atom stereocenters. The topological polar surface area (TPSA) is 103 Å². The first kappa shape index (κ1) is 24.1. The van der Waals surface area contributed by atoms with Crippen LogP contribution < -0.4 is 9.47 Å². The molecule has 2 aromatic heterocycles. The third-order valence-electron chi connectivity index (χ3n) is 6.16. The first-order valence-corrected chi connectivity index (χ1v) is 10.9. The number of nitrogens with zero attached hydrogens (tertiary/aromatic N) is 3. The van der Waals surface area contributed by atoms with Crippen molar-refractivity contribution in [1.29, 1.82) is 5.26 Å². The number of ether oxygens (including phenoxy) is 3. The van der Waals surface area contributed by atoms with Crippen molar-refractivity contribution in [3.63, 3.8) is 0 Å². The number of nitriles is 1. The number of aromatic nitrogens is 2. The van der Waals surface area contributed by atoms with Crippen LogP contribution in [0.3, 0.4) is 0 Å². The van der Waals surface area contributed by atoms with Gasteiger partial charge in [-0.15, -0.1) is 0 Å². The van der Waals surface area contributed by atoms with Gasteiger partial charge in [-0.2, -0.15) is 14.0 Å². The van der Waals surface area contributed by atoms with Gasteiger partial charge in [-0.1, -0.05) is 0 Å². The van der Waals surface area contributed by atoms with Crippen LogP contribution in [0.5, 0.6) is 11.5 Å². The van der Waals surface area contributed by atoms with Crippen molar-refractivity contribution in [2.24, 2.45) is 5.92 Å². The summed E-state index contributed by atoms with van der Waals surface area (Å²) >= 11 is 0. The molecule has 1 saturated carbocycles. The van der Waals surface area contributed by atoms with Crippen LogP contribution in [-0.4, -0.2) is 42.0 Å². The van der Waals surface area contributed by atoms with Crippen LogP contribution in [0.15, 0.2) is 36.7 Å². The molecule has 10 heteroatoms. The van der Waals surface area contributed by atoms with Crippen molar-refractivity contribution >= 4 is 17.4 Å². The summed E-state index contributed by atoms with van der Waals surface area (Å²) in [5.41, 5.74) is 0.179. The van der Waals surface area contributed by atoms with Crippen molar-refractivity contribution in [2.75, 3.05) is 14.2 Å². The van der Waals surface area contributed by atoms with Crippen LogP contribution in [0.1, 0.15) is 42.1 Å². The Bertz CT molecular complexity index is 1340. The number of rotatable bonds is 9. The Morgan fingerprint density at radius 1 is 1.26 bits per heavy atom. The molecule has 35 heavy (non-hydrogen) atoms. The largest absolute Gasteiger partial charge is 0.496 e. The van der Waals surface area contributed by atoms with Gasteiger partial charge in [0.05, 0.1) is 32.2 Å². The molecule has 3 aromatic rings. The Labute approximate surface area is 200 Å². The van der Waals surface area contributed by atoms with E-state index >= 15 is 0 Å². The summed E-state index contributed by atoms with van der Waals surface area (Å²) in [6.45, 7) is -1.68. The summed E-state index contributed by atoms with van der Waals surface area (Å²) in [7, 11) is 2.56. The average Bonchev–Trinajstić information content (AvgIpc) is 3.56. The number of hydrogen-bond donors (Lipinski definition) is 0. The number of methoxy groups -OCH3 is 2. The van der Waals surface area contributed by atoms with Gasteiger partial charge < -0.3 is 14.2 Å². The smallest absolute Gasteiger partial charge is 0.387 e. The molecule has 1 aromatic carbocycles. The number of ketones is 1. The number of hydrogen-bond acceptors (Lipinski definition) is 7. The third kappa shape index (κ3) is 4.54. The molecule has 8 nitrogen and oxygen atoms in total. The fraction of sp³-hybridized carbons (Fsp3) is 0.360. The zero-order chi connectivity index (χ0) is 25.3. The molecule has 0 aliphatic heterocycles. The van der Waals surface area contributed by atoms with Gasteiger partial charge >= 0.3 is 12.6 Å². The normalized spacial score (nSPS) is 14.9. The van der Waals surface area contributed by atoms with E-state index in [0.717, 1.165) is 12.8 Å². The fourth-order valence-corrected chi connectivity index (χ4v) is 3.99. The molecule has 0 spiro atoms. The standard InChI is InChI=1S/C25H23F2N3O5/c1-25(13-28,23(32)34-3)16-6-7-30-17(12-29-21(30)11-16)15-9-19(33-2)22(18(31)8-14-4-5-14)20(10-15)35-24(26)27/h6-7,9-12,14,24H,4-5,8H2,1-3H3. The summed E-state index contributed by atoms with van der Waals surface area (Å²) in [4.78, 5) is 29.4. The predicted molar refractivity (Wildman–Crippen MR) is 120 cm³/mol. The maximum absolute atomic E-state index is 13.2. The number of benzene rings is 1. The monoisotopic (exact) mass is 483 g/mol. The Hall–Kier alpha value is -4.00. The van der Waals surface area contributed by atoms with Crippen LogP contribution in [0, 0.1) is 17.2 Å². The lowest BCUT2D eigenvalue weighted by atomic mass is 9.84. The van der Waals surface area contributed by atoms with Crippen molar-refractivity contribution < 1.29 is 32.6 Å². The van der Waals surface area contributed by atoms with Gasteiger partial charge in [0.15, 0.2) is 11.2 Å². The maximum Gasteiger partial charge on any atom is 0.387 e. The van der Waals surface area contributed by atoms with Gasteiger partial charge in [-0.25, -0.2) is 9.78 Å². The second-order valence-electron chi connectivity index (χ2n) is 8.52. The first-order chi connectivity index (χ1) is 16.7. The minimum absolute atomic E-state index is 0.0116. The van der Waals surface area contributed by atoms with Crippen molar-refractivity contribution in [3.05, 3.63) is 47.8 Å². The Morgan fingerprint density at radius 3 is 2.57 bits per heavy atom. The van der Waals surface area contributed by atoms with Gasteiger partial charge in [0.25, 0.3) is 0 Å². The van der Waals surface area contributed by atoms with Gasteiger partial charge in [-0.3, -0.25) is 9.20 Å². The van der Waals surface area contributed by atoms with E-state index in [-0.39, 0.29) is 35.2 Å².